The van der Waals surface area contributed by atoms with E-state index in [-0.39, 0.29) is 24.5 Å². The lowest BCUT2D eigenvalue weighted by Gasteiger charge is -2.26. The Morgan fingerprint density at radius 1 is 0.935 bits per heavy atom. The number of carbonyl (C=O) groups excluding carboxylic acids is 4. The highest BCUT2D eigenvalue weighted by molar-refractivity contribution is 7.80. The van der Waals surface area contributed by atoms with E-state index in [1.807, 2.05) is 13.8 Å². The van der Waals surface area contributed by atoms with Crippen LogP contribution >= 0.6 is 12.6 Å². The number of aliphatic hydroxyl groups excluding tert-OH is 1. The maximum absolute atomic E-state index is 12.7. The van der Waals surface area contributed by atoms with Crippen LogP contribution in [0.15, 0.2) is 0 Å². The minimum Gasteiger partial charge on any atom is -0.480 e. The lowest BCUT2D eigenvalue weighted by atomic mass is 10.0. The second-order valence-corrected chi connectivity index (χ2v) is 7.98. The highest BCUT2D eigenvalue weighted by Crippen LogP contribution is 2.06. The molecule has 0 saturated heterocycles. The van der Waals surface area contributed by atoms with Crippen LogP contribution in [0, 0.1) is 5.92 Å². The lowest BCUT2D eigenvalue weighted by molar-refractivity contribution is -0.142. The van der Waals surface area contributed by atoms with Crippen LogP contribution in [-0.2, 0) is 24.0 Å². The fourth-order valence-electron chi connectivity index (χ4n) is 2.56. The molecule has 0 radical (unpaired) electrons. The number of carboxylic acid groups (broad SMARTS) is 1. The molecule has 13 heteroatoms. The van der Waals surface area contributed by atoms with Crippen LogP contribution in [0.4, 0.5) is 0 Å². The number of aliphatic carboxylic acids is 1. The molecular formula is C18H33N5O7S. The average Bonchev–Trinajstić information content (AvgIpc) is 2.65. The molecule has 0 aliphatic heterocycles. The second kappa shape index (κ2) is 13.8. The van der Waals surface area contributed by atoms with Gasteiger partial charge in [0.25, 0.3) is 0 Å². The predicted octanol–water partition coefficient (Wildman–Crippen LogP) is -2.53. The molecule has 0 aromatic carbocycles. The van der Waals surface area contributed by atoms with Crippen molar-refractivity contribution in [2.75, 3.05) is 5.75 Å². The molecule has 0 spiro atoms. The molecule has 0 aliphatic rings. The third-order valence-corrected chi connectivity index (χ3v) is 4.60. The second-order valence-electron chi connectivity index (χ2n) is 7.61. The number of hydrogen-bond acceptors (Lipinski definition) is 8. The first-order chi connectivity index (χ1) is 14.3. The number of carboxylic acids is 1. The molecule has 0 aromatic rings. The van der Waals surface area contributed by atoms with Gasteiger partial charge in [-0.2, -0.15) is 12.6 Å². The number of aliphatic hydroxyl groups is 1. The summed E-state index contributed by atoms with van der Waals surface area (Å²) >= 11 is 3.83. The third kappa shape index (κ3) is 11.0. The highest BCUT2D eigenvalue weighted by Gasteiger charge is 2.32. The van der Waals surface area contributed by atoms with Crippen molar-refractivity contribution in [3.63, 3.8) is 0 Å². The summed E-state index contributed by atoms with van der Waals surface area (Å²) in [7, 11) is 0. The van der Waals surface area contributed by atoms with E-state index < -0.39 is 59.9 Å². The molecule has 0 rings (SSSR count). The largest absolute Gasteiger partial charge is 0.480 e. The van der Waals surface area contributed by atoms with Crippen LogP contribution in [0.1, 0.15) is 40.0 Å². The van der Waals surface area contributed by atoms with Crippen LogP contribution in [-0.4, -0.2) is 75.8 Å². The topological polar surface area (TPSA) is 214 Å². The monoisotopic (exact) mass is 463 g/mol. The Hall–Kier alpha value is -2.38. The zero-order valence-corrected chi connectivity index (χ0v) is 18.7. The quantitative estimate of drug-likeness (QED) is 0.128. The van der Waals surface area contributed by atoms with Crippen molar-refractivity contribution in [2.24, 2.45) is 17.4 Å². The number of nitrogens with one attached hydrogen (secondary N) is 3. The Balaban J connectivity index is 5.40. The smallest absolute Gasteiger partial charge is 0.327 e. The van der Waals surface area contributed by atoms with E-state index in [1.54, 1.807) is 0 Å². The van der Waals surface area contributed by atoms with Crippen LogP contribution in [0.3, 0.4) is 0 Å². The summed E-state index contributed by atoms with van der Waals surface area (Å²) in [6.45, 7) is 4.95. The normalized spacial score (nSPS) is 15.8. The number of hydrogen-bond donors (Lipinski definition) is 8. The van der Waals surface area contributed by atoms with Gasteiger partial charge >= 0.3 is 5.97 Å². The Bertz CT molecular complexity index is 659. The number of amides is 4. The number of thiol groups is 1. The minimum absolute atomic E-state index is 0.121. The molecule has 0 bridgehead atoms. The van der Waals surface area contributed by atoms with E-state index in [0.717, 1.165) is 0 Å². The van der Waals surface area contributed by atoms with Gasteiger partial charge in [0.1, 0.15) is 18.1 Å². The van der Waals surface area contributed by atoms with Gasteiger partial charge in [-0.1, -0.05) is 13.8 Å². The molecule has 0 saturated carbocycles. The summed E-state index contributed by atoms with van der Waals surface area (Å²) in [5.74, 6) is -4.60. The summed E-state index contributed by atoms with van der Waals surface area (Å²) in [4.78, 5) is 59.6. The van der Waals surface area contributed by atoms with E-state index >= 15 is 0 Å². The summed E-state index contributed by atoms with van der Waals surface area (Å²) in [5.41, 5.74) is 10.9. The van der Waals surface area contributed by atoms with Gasteiger partial charge in [-0.15, -0.1) is 0 Å². The van der Waals surface area contributed by atoms with Crippen molar-refractivity contribution in [2.45, 2.75) is 70.3 Å². The van der Waals surface area contributed by atoms with Crippen molar-refractivity contribution in [3.8, 4) is 0 Å². The number of rotatable bonds is 14. The Kier molecular flexibility index (Phi) is 12.8. The first kappa shape index (κ1) is 28.6. The molecule has 0 fully saturated rings. The molecule has 31 heavy (non-hydrogen) atoms. The zero-order valence-electron chi connectivity index (χ0n) is 17.8. The van der Waals surface area contributed by atoms with Crippen molar-refractivity contribution in [1.29, 1.82) is 0 Å². The molecule has 9 N–H and O–H groups in total. The number of carbonyl (C=O) groups is 5. The standard InChI is InChI=1S/C18H33N5O7S/c1-8(2)6-10(19)15(26)21-11(4-5-13(20)25)16(27)23-14(9(3)24)17(28)22-12(7-31)18(29)30/h8-12,14,24,31H,4-7,19H2,1-3H3,(H2,20,25)(H,21,26)(H,22,28)(H,23,27)(H,29,30). The summed E-state index contributed by atoms with van der Waals surface area (Å²) in [5, 5.41) is 25.8. The Morgan fingerprint density at radius 2 is 1.48 bits per heavy atom. The molecule has 0 aliphatic carbocycles. The molecule has 5 atom stereocenters. The molecule has 4 amide bonds. The maximum atomic E-state index is 12.7. The third-order valence-electron chi connectivity index (χ3n) is 4.23. The van der Waals surface area contributed by atoms with E-state index in [2.05, 4.69) is 28.6 Å². The lowest BCUT2D eigenvalue weighted by Crippen LogP contribution is -2.60. The zero-order chi connectivity index (χ0) is 24.3. The molecule has 178 valence electrons. The Labute approximate surface area is 186 Å². The van der Waals surface area contributed by atoms with Gasteiger partial charge in [-0.25, -0.2) is 4.79 Å². The summed E-state index contributed by atoms with van der Waals surface area (Å²) in [6.07, 6.45) is -1.43. The van der Waals surface area contributed by atoms with Crippen molar-refractivity contribution >= 4 is 42.2 Å². The van der Waals surface area contributed by atoms with E-state index in [9.17, 15) is 29.1 Å². The fraction of sp³-hybridized carbons (Fsp3) is 0.722. The first-order valence-corrected chi connectivity index (χ1v) is 10.4. The van der Waals surface area contributed by atoms with Crippen molar-refractivity contribution < 1.29 is 34.2 Å². The predicted molar refractivity (Wildman–Crippen MR) is 115 cm³/mol. The molecular weight excluding hydrogens is 430 g/mol. The SMILES string of the molecule is CC(C)CC(N)C(=O)NC(CCC(N)=O)C(=O)NC(C(=O)NC(CS)C(=O)O)C(C)O. The van der Waals surface area contributed by atoms with E-state index in [1.165, 1.54) is 6.92 Å². The van der Waals surface area contributed by atoms with Crippen LogP contribution in [0.5, 0.6) is 0 Å². The fourth-order valence-corrected chi connectivity index (χ4v) is 2.80. The molecule has 5 unspecified atom stereocenters. The molecule has 0 heterocycles. The van der Waals surface area contributed by atoms with Gasteiger partial charge in [-0.3, -0.25) is 19.2 Å². The summed E-state index contributed by atoms with van der Waals surface area (Å²) in [6, 6.07) is -5.02. The number of nitrogens with two attached hydrogens (primary N) is 2. The average molecular weight is 464 g/mol. The highest BCUT2D eigenvalue weighted by atomic mass is 32.1. The van der Waals surface area contributed by atoms with Crippen LogP contribution in [0.25, 0.3) is 0 Å². The van der Waals surface area contributed by atoms with Gasteiger partial charge in [0.2, 0.25) is 23.6 Å². The summed E-state index contributed by atoms with van der Waals surface area (Å²) < 4.78 is 0. The van der Waals surface area contributed by atoms with Crippen molar-refractivity contribution in [3.05, 3.63) is 0 Å². The molecule has 12 nitrogen and oxygen atoms in total. The first-order valence-electron chi connectivity index (χ1n) is 9.76. The maximum Gasteiger partial charge on any atom is 0.327 e. The van der Waals surface area contributed by atoms with Gasteiger partial charge in [-0.05, 0) is 25.7 Å². The molecule has 0 aromatic heterocycles. The van der Waals surface area contributed by atoms with Crippen LogP contribution in [0.2, 0.25) is 0 Å². The Morgan fingerprint density at radius 3 is 1.90 bits per heavy atom. The van der Waals surface area contributed by atoms with Gasteiger partial charge in [0.05, 0.1) is 12.1 Å². The van der Waals surface area contributed by atoms with E-state index in [4.69, 9.17) is 16.6 Å². The van der Waals surface area contributed by atoms with Crippen LogP contribution < -0.4 is 27.4 Å². The number of primary amides is 1. The van der Waals surface area contributed by atoms with Gasteiger partial charge in [0, 0.05) is 12.2 Å². The van der Waals surface area contributed by atoms with Gasteiger partial charge < -0.3 is 37.6 Å². The van der Waals surface area contributed by atoms with Crippen molar-refractivity contribution in [1.82, 2.24) is 16.0 Å². The minimum atomic E-state index is -1.52. The van der Waals surface area contributed by atoms with Gasteiger partial charge in [0.15, 0.2) is 0 Å². The van der Waals surface area contributed by atoms with E-state index in [0.29, 0.717) is 6.42 Å².